The number of carbonyl (C=O) groups is 2. The minimum absolute atomic E-state index is 0.0785. The first-order valence-corrected chi connectivity index (χ1v) is 7.44. The molecule has 6 nitrogen and oxygen atoms in total. The lowest BCUT2D eigenvalue weighted by atomic mass is 9.96. The van der Waals surface area contributed by atoms with Gasteiger partial charge in [-0.05, 0) is 45.7 Å². The first kappa shape index (κ1) is 19.7. The second-order valence-electron chi connectivity index (χ2n) is 6.40. The van der Waals surface area contributed by atoms with E-state index in [4.69, 9.17) is 14.6 Å². The molecule has 2 rings (SSSR count). The van der Waals surface area contributed by atoms with E-state index >= 15 is 0 Å². The van der Waals surface area contributed by atoms with E-state index in [1.165, 1.54) is 12.8 Å². The van der Waals surface area contributed by atoms with Gasteiger partial charge in [-0.2, -0.15) is 13.2 Å². The van der Waals surface area contributed by atoms with Crippen molar-refractivity contribution in [3.05, 3.63) is 0 Å². The van der Waals surface area contributed by atoms with Crippen LogP contribution >= 0.6 is 0 Å². The van der Waals surface area contributed by atoms with Gasteiger partial charge in [0.25, 0.3) is 0 Å². The molecule has 23 heavy (non-hydrogen) atoms. The standard InChI is InChI=1S/C12H22N2O2.C2HF3O2/c1-12(2)9-14(8-11(15)16-12)7-10-3-5-13-6-4-10;3-2(4,5)1(6)7/h10,13H,3-9H2,1-2H3;(H,6,7). The average molecular weight is 340 g/mol. The number of carboxylic acids is 1. The molecule has 2 heterocycles. The fourth-order valence-corrected chi connectivity index (χ4v) is 2.71. The fourth-order valence-electron chi connectivity index (χ4n) is 2.71. The van der Waals surface area contributed by atoms with Crippen molar-refractivity contribution in [2.45, 2.75) is 38.5 Å². The molecule has 0 saturated carbocycles. The van der Waals surface area contributed by atoms with Crippen molar-refractivity contribution in [2.24, 2.45) is 5.92 Å². The maximum Gasteiger partial charge on any atom is 0.490 e. The summed E-state index contributed by atoms with van der Waals surface area (Å²) in [6.45, 7) is 8.58. The SMILES string of the molecule is CC1(C)CN(CC2CCNCC2)CC(=O)O1.O=C(O)C(F)(F)F. The van der Waals surface area contributed by atoms with E-state index in [0.717, 1.165) is 32.1 Å². The highest BCUT2D eigenvalue weighted by molar-refractivity contribution is 5.73. The van der Waals surface area contributed by atoms with E-state index < -0.39 is 12.1 Å². The first-order chi connectivity index (χ1) is 10.5. The van der Waals surface area contributed by atoms with Crippen LogP contribution in [0.1, 0.15) is 26.7 Å². The molecule has 0 amide bonds. The Hall–Kier alpha value is -1.35. The first-order valence-electron chi connectivity index (χ1n) is 7.44. The molecule has 2 N–H and O–H groups in total. The van der Waals surface area contributed by atoms with E-state index in [2.05, 4.69) is 10.2 Å². The van der Waals surface area contributed by atoms with Crippen LogP contribution in [-0.2, 0) is 14.3 Å². The van der Waals surface area contributed by atoms with Crippen LogP contribution in [0.15, 0.2) is 0 Å². The molecule has 0 unspecified atom stereocenters. The molecule has 0 aliphatic carbocycles. The maximum absolute atomic E-state index is 11.5. The highest BCUT2D eigenvalue weighted by Crippen LogP contribution is 2.20. The van der Waals surface area contributed by atoms with E-state index in [0.29, 0.717) is 6.54 Å². The number of halogens is 3. The number of hydrogen-bond donors (Lipinski definition) is 2. The monoisotopic (exact) mass is 340 g/mol. The van der Waals surface area contributed by atoms with Crippen LogP contribution in [0.25, 0.3) is 0 Å². The highest BCUT2D eigenvalue weighted by Gasteiger charge is 2.38. The molecule has 2 fully saturated rings. The van der Waals surface area contributed by atoms with Crippen molar-refractivity contribution in [3.8, 4) is 0 Å². The molecule has 2 aliphatic rings. The largest absolute Gasteiger partial charge is 0.490 e. The van der Waals surface area contributed by atoms with Crippen molar-refractivity contribution in [3.63, 3.8) is 0 Å². The van der Waals surface area contributed by atoms with Crippen LogP contribution in [0.4, 0.5) is 13.2 Å². The van der Waals surface area contributed by atoms with Gasteiger partial charge < -0.3 is 15.2 Å². The molecule has 2 saturated heterocycles. The quantitative estimate of drug-likeness (QED) is 0.737. The predicted octanol–water partition coefficient (Wildman–Crippen LogP) is 1.26. The third-order valence-corrected chi connectivity index (χ3v) is 3.56. The Bertz CT molecular complexity index is 421. The van der Waals surface area contributed by atoms with Gasteiger partial charge in [-0.15, -0.1) is 0 Å². The Balaban J connectivity index is 0.000000322. The number of carbonyl (C=O) groups excluding carboxylic acids is 1. The summed E-state index contributed by atoms with van der Waals surface area (Å²) < 4.78 is 37.0. The second kappa shape index (κ2) is 7.96. The number of hydrogen-bond acceptors (Lipinski definition) is 5. The summed E-state index contributed by atoms with van der Waals surface area (Å²) in [6.07, 6.45) is -2.63. The predicted molar refractivity (Wildman–Crippen MR) is 75.9 cm³/mol. The van der Waals surface area contributed by atoms with Crippen molar-refractivity contribution in [2.75, 3.05) is 32.7 Å². The van der Waals surface area contributed by atoms with Gasteiger partial charge in [0, 0.05) is 13.1 Å². The molecule has 0 spiro atoms. The number of rotatable bonds is 2. The number of nitrogens with one attached hydrogen (secondary N) is 1. The van der Waals surface area contributed by atoms with Crippen LogP contribution in [0.2, 0.25) is 0 Å². The minimum atomic E-state index is -5.08. The molecular formula is C14H23F3N2O4. The Morgan fingerprint density at radius 1 is 1.39 bits per heavy atom. The highest BCUT2D eigenvalue weighted by atomic mass is 19.4. The molecule has 0 bridgehead atoms. The third kappa shape index (κ3) is 7.65. The minimum Gasteiger partial charge on any atom is -0.475 e. The van der Waals surface area contributed by atoms with Crippen LogP contribution in [0.5, 0.6) is 0 Å². The number of nitrogens with zero attached hydrogens (tertiary/aromatic N) is 1. The number of aliphatic carboxylic acids is 1. The van der Waals surface area contributed by atoms with Gasteiger partial charge in [0.2, 0.25) is 0 Å². The Labute approximate surface area is 133 Å². The van der Waals surface area contributed by atoms with Crippen molar-refractivity contribution in [1.82, 2.24) is 10.2 Å². The molecule has 0 aromatic carbocycles. The van der Waals surface area contributed by atoms with Gasteiger partial charge in [-0.1, -0.05) is 0 Å². The maximum atomic E-state index is 11.5. The van der Waals surface area contributed by atoms with Gasteiger partial charge in [0.05, 0.1) is 6.54 Å². The summed E-state index contributed by atoms with van der Waals surface area (Å²) in [5.74, 6) is -2.10. The molecule has 2 aliphatic heterocycles. The van der Waals surface area contributed by atoms with Crippen LogP contribution in [-0.4, -0.2) is 66.4 Å². The summed E-state index contributed by atoms with van der Waals surface area (Å²) in [5.41, 5.74) is -0.317. The zero-order valence-corrected chi connectivity index (χ0v) is 13.3. The number of morpholine rings is 1. The number of carboxylic acid groups (broad SMARTS) is 1. The summed E-state index contributed by atoms with van der Waals surface area (Å²) in [4.78, 5) is 22.6. The average Bonchev–Trinajstić information content (AvgIpc) is 2.36. The van der Waals surface area contributed by atoms with Crippen molar-refractivity contribution in [1.29, 1.82) is 0 Å². The number of esters is 1. The number of piperidine rings is 1. The lowest BCUT2D eigenvalue weighted by Crippen LogP contribution is -2.52. The Kier molecular flexibility index (Phi) is 6.82. The number of ether oxygens (including phenoxy) is 1. The van der Waals surface area contributed by atoms with Gasteiger partial charge in [-0.3, -0.25) is 9.69 Å². The summed E-state index contributed by atoms with van der Waals surface area (Å²) in [7, 11) is 0. The van der Waals surface area contributed by atoms with Gasteiger partial charge in [0.15, 0.2) is 0 Å². The molecular weight excluding hydrogens is 317 g/mol. The smallest absolute Gasteiger partial charge is 0.475 e. The Morgan fingerprint density at radius 3 is 2.35 bits per heavy atom. The van der Waals surface area contributed by atoms with Gasteiger partial charge in [0.1, 0.15) is 5.60 Å². The Morgan fingerprint density at radius 2 is 1.91 bits per heavy atom. The van der Waals surface area contributed by atoms with Crippen molar-refractivity contribution < 1.29 is 32.6 Å². The second-order valence-corrected chi connectivity index (χ2v) is 6.40. The third-order valence-electron chi connectivity index (χ3n) is 3.56. The summed E-state index contributed by atoms with van der Waals surface area (Å²) >= 11 is 0. The number of cyclic esters (lactones) is 1. The van der Waals surface area contributed by atoms with E-state index in [1.807, 2.05) is 13.8 Å². The molecule has 0 aromatic heterocycles. The van der Waals surface area contributed by atoms with Crippen LogP contribution < -0.4 is 5.32 Å². The lowest BCUT2D eigenvalue weighted by molar-refractivity contribution is -0.192. The summed E-state index contributed by atoms with van der Waals surface area (Å²) in [5, 5.41) is 10.5. The van der Waals surface area contributed by atoms with Crippen molar-refractivity contribution >= 4 is 11.9 Å². The van der Waals surface area contributed by atoms with Crippen LogP contribution in [0.3, 0.4) is 0 Å². The fraction of sp³-hybridized carbons (Fsp3) is 0.857. The molecule has 134 valence electrons. The zero-order valence-electron chi connectivity index (χ0n) is 13.3. The van der Waals surface area contributed by atoms with Gasteiger partial charge >= 0.3 is 18.1 Å². The lowest BCUT2D eigenvalue weighted by Gasteiger charge is -2.39. The van der Waals surface area contributed by atoms with E-state index in [-0.39, 0.29) is 11.6 Å². The van der Waals surface area contributed by atoms with Crippen LogP contribution in [0, 0.1) is 5.92 Å². The molecule has 0 atom stereocenters. The van der Waals surface area contributed by atoms with E-state index in [1.54, 1.807) is 0 Å². The molecule has 0 radical (unpaired) electrons. The molecule has 9 heteroatoms. The van der Waals surface area contributed by atoms with E-state index in [9.17, 15) is 18.0 Å². The normalized spacial score (nSPS) is 22.7. The summed E-state index contributed by atoms with van der Waals surface area (Å²) in [6, 6.07) is 0. The topological polar surface area (TPSA) is 78.9 Å². The zero-order chi connectivity index (χ0) is 17.7. The van der Waals surface area contributed by atoms with Gasteiger partial charge in [-0.25, -0.2) is 4.79 Å². The molecule has 0 aromatic rings. The number of alkyl halides is 3.